The lowest BCUT2D eigenvalue weighted by Gasteiger charge is -2.23. The predicted octanol–water partition coefficient (Wildman–Crippen LogP) is 2.47. The van der Waals surface area contributed by atoms with Crippen molar-refractivity contribution in [3.05, 3.63) is 52.1 Å². The van der Waals surface area contributed by atoms with Crippen LogP contribution in [0.4, 0.5) is 5.13 Å². The third-order valence-electron chi connectivity index (χ3n) is 5.13. The first-order valence-corrected chi connectivity index (χ1v) is 10.4. The maximum absolute atomic E-state index is 12.8. The second-order valence-electron chi connectivity index (χ2n) is 6.91. The van der Waals surface area contributed by atoms with Gasteiger partial charge in [0, 0.05) is 19.6 Å². The van der Waals surface area contributed by atoms with Gasteiger partial charge >= 0.3 is 0 Å². The van der Waals surface area contributed by atoms with Gasteiger partial charge in [0.1, 0.15) is 11.9 Å². The number of amides is 1. The summed E-state index contributed by atoms with van der Waals surface area (Å²) in [5, 5.41) is 3.73. The van der Waals surface area contributed by atoms with Gasteiger partial charge in [-0.05, 0) is 32.3 Å². The van der Waals surface area contributed by atoms with Crippen LogP contribution in [0, 0.1) is 6.92 Å². The largest absolute Gasteiger partial charge is 0.350 e. The first kappa shape index (κ1) is 18.6. The maximum atomic E-state index is 12.8. The number of aromatic nitrogens is 3. The van der Waals surface area contributed by atoms with E-state index in [9.17, 15) is 9.59 Å². The topological polar surface area (TPSA) is 80.1 Å². The Hall–Kier alpha value is -2.74. The number of hydrogen-bond donors (Lipinski definition) is 1. The molecule has 1 saturated heterocycles. The van der Waals surface area contributed by atoms with Gasteiger partial charge in [-0.15, -0.1) is 0 Å². The van der Waals surface area contributed by atoms with Gasteiger partial charge in [0.2, 0.25) is 5.91 Å². The summed E-state index contributed by atoms with van der Waals surface area (Å²) in [6.07, 6.45) is 1.70. The Kier molecular flexibility index (Phi) is 5.13. The van der Waals surface area contributed by atoms with Crippen LogP contribution in [0.3, 0.4) is 0 Å². The van der Waals surface area contributed by atoms with Crippen molar-refractivity contribution in [1.29, 1.82) is 0 Å². The van der Waals surface area contributed by atoms with Crippen LogP contribution < -0.4 is 15.8 Å². The normalized spacial score (nSPS) is 16.6. The summed E-state index contributed by atoms with van der Waals surface area (Å²) in [6.45, 7) is 5.58. The van der Waals surface area contributed by atoms with Gasteiger partial charge in [0.25, 0.3) is 5.56 Å². The van der Waals surface area contributed by atoms with Gasteiger partial charge in [-0.3, -0.25) is 14.2 Å². The van der Waals surface area contributed by atoms with E-state index in [1.807, 2.05) is 49.1 Å². The highest BCUT2D eigenvalue weighted by molar-refractivity contribution is 7.21. The molecule has 1 fully saturated rings. The van der Waals surface area contributed by atoms with Crippen molar-refractivity contribution in [2.45, 2.75) is 45.8 Å². The second-order valence-corrected chi connectivity index (χ2v) is 7.87. The highest BCUT2D eigenvalue weighted by Crippen LogP contribution is 2.31. The van der Waals surface area contributed by atoms with Crippen molar-refractivity contribution >= 4 is 32.7 Å². The number of rotatable bonds is 5. The van der Waals surface area contributed by atoms with E-state index < -0.39 is 0 Å². The van der Waals surface area contributed by atoms with Crippen LogP contribution >= 0.6 is 11.3 Å². The number of fused-ring (bicyclic) bond motifs is 1. The number of hydrogen-bond acceptors (Lipinski definition) is 6. The lowest BCUT2D eigenvalue weighted by atomic mass is 10.2. The number of nitrogens with one attached hydrogen (secondary N) is 1. The lowest BCUT2D eigenvalue weighted by Crippen LogP contribution is -2.43. The molecule has 7 nitrogen and oxygen atoms in total. The van der Waals surface area contributed by atoms with Crippen molar-refractivity contribution in [3.63, 3.8) is 0 Å². The molecule has 0 spiro atoms. The Morgan fingerprint density at radius 2 is 2.07 bits per heavy atom. The number of carbonyl (C=O) groups excluding carboxylic acids is 1. The second kappa shape index (κ2) is 7.71. The van der Waals surface area contributed by atoms with Crippen molar-refractivity contribution in [3.8, 4) is 0 Å². The number of thiazole rings is 1. The average Bonchev–Trinajstić information content (AvgIpc) is 3.34. The van der Waals surface area contributed by atoms with Crippen molar-refractivity contribution in [2.75, 3.05) is 11.4 Å². The summed E-state index contributed by atoms with van der Waals surface area (Å²) in [7, 11) is 0. The highest BCUT2D eigenvalue weighted by Gasteiger charge is 2.33. The van der Waals surface area contributed by atoms with Gasteiger partial charge in [-0.1, -0.05) is 41.7 Å². The van der Waals surface area contributed by atoms with Crippen LogP contribution in [0.25, 0.3) is 10.3 Å². The molecule has 8 heteroatoms. The molecule has 1 aliphatic heterocycles. The molecule has 1 N–H and O–H groups in total. The maximum Gasteiger partial charge on any atom is 0.281 e. The minimum Gasteiger partial charge on any atom is -0.350 e. The lowest BCUT2D eigenvalue weighted by molar-refractivity contribution is -0.122. The number of aryl methyl sites for hydroxylation is 1. The third kappa shape index (κ3) is 3.40. The Bertz CT molecular complexity index is 1060. The molecule has 0 radical (unpaired) electrons. The highest BCUT2D eigenvalue weighted by atomic mass is 32.1. The Balaban J connectivity index is 1.57. The summed E-state index contributed by atoms with van der Waals surface area (Å²) >= 11 is 1.39. The summed E-state index contributed by atoms with van der Waals surface area (Å²) in [5.41, 5.74) is 1.35. The smallest absolute Gasteiger partial charge is 0.281 e. The minimum atomic E-state index is -0.265. The Labute approximate surface area is 167 Å². The molecule has 2 aromatic heterocycles. The fourth-order valence-electron chi connectivity index (χ4n) is 3.66. The molecule has 1 atom stereocenters. The van der Waals surface area contributed by atoms with Gasteiger partial charge < -0.3 is 10.2 Å². The van der Waals surface area contributed by atoms with E-state index >= 15 is 0 Å². The van der Waals surface area contributed by atoms with Crippen molar-refractivity contribution in [2.24, 2.45) is 0 Å². The molecule has 0 bridgehead atoms. The summed E-state index contributed by atoms with van der Waals surface area (Å²) in [6, 6.07) is 9.60. The standard InChI is InChI=1S/C20H23N5O2S/c1-3-24-13(2)22-18-16(19(24)27)23-20(28-18)25-11-7-10-15(25)17(26)21-12-14-8-5-4-6-9-14/h4-6,8-9,15H,3,7,10-12H2,1-2H3,(H,21,26)/t15-/m1/s1. The molecule has 3 aromatic rings. The molecular weight excluding hydrogens is 374 g/mol. The van der Waals surface area contributed by atoms with Gasteiger partial charge in [0.15, 0.2) is 15.5 Å². The zero-order valence-corrected chi connectivity index (χ0v) is 16.8. The SMILES string of the molecule is CCn1c(C)nc2sc(N3CCC[C@@H]3C(=O)NCc3ccccc3)nc2c1=O. The van der Waals surface area contributed by atoms with E-state index in [1.54, 1.807) is 4.57 Å². The molecule has 4 rings (SSSR count). The fourth-order valence-corrected chi connectivity index (χ4v) is 4.72. The molecular formula is C20H23N5O2S. The van der Waals surface area contributed by atoms with E-state index in [0.717, 1.165) is 24.9 Å². The number of benzene rings is 1. The molecule has 28 heavy (non-hydrogen) atoms. The Morgan fingerprint density at radius 3 is 2.82 bits per heavy atom. The summed E-state index contributed by atoms with van der Waals surface area (Å²) in [5.74, 6) is 0.685. The molecule has 3 heterocycles. The third-order valence-corrected chi connectivity index (χ3v) is 6.11. The van der Waals surface area contributed by atoms with E-state index in [-0.39, 0.29) is 17.5 Å². The summed E-state index contributed by atoms with van der Waals surface area (Å²) in [4.78, 5) is 37.2. The predicted molar refractivity (Wildman–Crippen MR) is 111 cm³/mol. The first-order valence-electron chi connectivity index (χ1n) is 9.54. The quantitative estimate of drug-likeness (QED) is 0.715. The van der Waals surface area contributed by atoms with Crippen molar-refractivity contribution in [1.82, 2.24) is 19.9 Å². The van der Waals surface area contributed by atoms with Crippen LogP contribution in [-0.2, 0) is 17.9 Å². The van der Waals surface area contributed by atoms with Crippen LogP contribution in [0.15, 0.2) is 35.1 Å². The van der Waals surface area contributed by atoms with Crippen LogP contribution in [0.2, 0.25) is 0 Å². The molecule has 146 valence electrons. The van der Waals surface area contributed by atoms with E-state index in [2.05, 4.69) is 15.3 Å². The van der Waals surface area contributed by atoms with Gasteiger partial charge in [-0.2, -0.15) is 0 Å². The van der Waals surface area contributed by atoms with Crippen LogP contribution in [0.5, 0.6) is 0 Å². The number of anilines is 1. The number of nitrogens with zero attached hydrogens (tertiary/aromatic N) is 4. The Morgan fingerprint density at radius 1 is 1.29 bits per heavy atom. The fraction of sp³-hybridized carbons (Fsp3) is 0.400. The van der Waals surface area contributed by atoms with Gasteiger partial charge in [0.05, 0.1) is 0 Å². The van der Waals surface area contributed by atoms with E-state index in [4.69, 9.17) is 0 Å². The molecule has 0 aliphatic carbocycles. The molecule has 0 unspecified atom stereocenters. The van der Waals surface area contributed by atoms with Crippen LogP contribution in [0.1, 0.15) is 31.2 Å². The van der Waals surface area contributed by atoms with Gasteiger partial charge in [-0.25, -0.2) is 9.97 Å². The first-order chi connectivity index (χ1) is 13.6. The molecule has 0 saturated carbocycles. The minimum absolute atomic E-state index is 0.00396. The molecule has 1 aliphatic rings. The average molecular weight is 398 g/mol. The van der Waals surface area contributed by atoms with Crippen molar-refractivity contribution < 1.29 is 4.79 Å². The van der Waals surface area contributed by atoms with E-state index in [0.29, 0.717) is 34.4 Å². The monoisotopic (exact) mass is 397 g/mol. The zero-order valence-electron chi connectivity index (χ0n) is 16.0. The number of carbonyl (C=O) groups is 1. The van der Waals surface area contributed by atoms with Crippen LogP contribution in [-0.4, -0.2) is 33.0 Å². The van der Waals surface area contributed by atoms with E-state index in [1.165, 1.54) is 11.3 Å². The molecule has 1 amide bonds. The summed E-state index contributed by atoms with van der Waals surface area (Å²) < 4.78 is 1.62. The molecule has 1 aromatic carbocycles. The zero-order chi connectivity index (χ0) is 19.7.